The van der Waals surface area contributed by atoms with Crippen LogP contribution in [-0.2, 0) is 9.59 Å². The molecule has 0 amide bonds. The molecule has 7 rings (SSSR count). The van der Waals surface area contributed by atoms with Crippen molar-refractivity contribution in [2.75, 3.05) is 5.32 Å². The SMILES string of the molecule is CC1(C)N=c2c(=C3C(=O)C(c4ccc5cccc6c5c4NC(C)(C)O6)C3=O)ccc3cccc(c23)O1. The Labute approximate surface area is 207 Å². The molecule has 3 aliphatic rings. The molecule has 1 saturated carbocycles. The molecule has 1 N–H and O–H groups in total. The first-order valence-electron chi connectivity index (χ1n) is 12.1. The van der Waals surface area contributed by atoms with E-state index < -0.39 is 17.4 Å². The molecule has 6 nitrogen and oxygen atoms in total. The van der Waals surface area contributed by atoms with Crippen molar-refractivity contribution in [3.05, 3.63) is 76.8 Å². The minimum Gasteiger partial charge on any atom is -0.468 e. The van der Waals surface area contributed by atoms with Gasteiger partial charge in [0.15, 0.2) is 23.0 Å². The van der Waals surface area contributed by atoms with E-state index in [1.165, 1.54) is 0 Å². The first-order chi connectivity index (χ1) is 17.1. The summed E-state index contributed by atoms with van der Waals surface area (Å²) >= 11 is 0. The smallest absolute Gasteiger partial charge is 0.195 e. The molecule has 4 aromatic carbocycles. The maximum Gasteiger partial charge on any atom is 0.195 e. The van der Waals surface area contributed by atoms with Crippen LogP contribution in [0.2, 0.25) is 0 Å². The number of carbonyl (C=O) groups excluding carboxylic acids is 2. The summed E-state index contributed by atoms with van der Waals surface area (Å²) in [6.45, 7) is 7.60. The van der Waals surface area contributed by atoms with Crippen LogP contribution in [0.15, 0.2) is 65.7 Å². The highest BCUT2D eigenvalue weighted by molar-refractivity contribution is 6.59. The predicted octanol–water partition coefficient (Wildman–Crippen LogP) is 4.37. The number of ketones is 2. The van der Waals surface area contributed by atoms with E-state index in [0.29, 0.717) is 21.9 Å². The fraction of sp³-hybridized carbons (Fsp3) is 0.233. The van der Waals surface area contributed by atoms with E-state index in [4.69, 9.17) is 14.5 Å². The average molecular weight is 477 g/mol. The maximum absolute atomic E-state index is 13.7. The molecule has 2 aliphatic heterocycles. The van der Waals surface area contributed by atoms with Gasteiger partial charge in [0.25, 0.3) is 0 Å². The Morgan fingerprint density at radius 1 is 0.778 bits per heavy atom. The lowest BCUT2D eigenvalue weighted by Gasteiger charge is -2.37. The van der Waals surface area contributed by atoms with Crippen molar-refractivity contribution in [2.45, 2.75) is 45.1 Å². The Kier molecular flexibility index (Phi) is 3.95. The van der Waals surface area contributed by atoms with Crippen LogP contribution in [0.1, 0.15) is 39.2 Å². The third-order valence-corrected chi connectivity index (χ3v) is 7.15. The standard InChI is InChI=1S/C30H24N2O4/c1-29(2)31-25-17(13-11-15-7-5-9-19(35-29)21(15)25)23-27(33)24(28(23)34)18-14-12-16-8-6-10-20-22(16)26(18)32-30(3,4)36-20/h5-14,23,31H,1-4H3. The van der Waals surface area contributed by atoms with Crippen molar-refractivity contribution in [2.24, 2.45) is 4.99 Å². The third kappa shape index (κ3) is 2.81. The van der Waals surface area contributed by atoms with Crippen LogP contribution in [0.25, 0.3) is 27.1 Å². The summed E-state index contributed by atoms with van der Waals surface area (Å²) < 4.78 is 12.2. The summed E-state index contributed by atoms with van der Waals surface area (Å²) in [5.74, 6) is 0.209. The van der Waals surface area contributed by atoms with Crippen LogP contribution in [0, 0.1) is 0 Å². The zero-order valence-electron chi connectivity index (χ0n) is 20.4. The molecule has 178 valence electrons. The van der Waals surface area contributed by atoms with Gasteiger partial charge >= 0.3 is 0 Å². The van der Waals surface area contributed by atoms with Gasteiger partial charge in [-0.25, -0.2) is 4.99 Å². The minimum absolute atomic E-state index is 0.188. The lowest BCUT2D eigenvalue weighted by Crippen LogP contribution is -2.48. The van der Waals surface area contributed by atoms with E-state index in [2.05, 4.69) is 5.32 Å². The van der Waals surface area contributed by atoms with E-state index in [1.54, 1.807) is 0 Å². The molecule has 0 radical (unpaired) electrons. The summed E-state index contributed by atoms with van der Waals surface area (Å²) in [6.07, 6.45) is 0. The Morgan fingerprint density at radius 2 is 1.42 bits per heavy atom. The lowest BCUT2D eigenvalue weighted by molar-refractivity contribution is -0.129. The maximum atomic E-state index is 13.7. The van der Waals surface area contributed by atoms with Gasteiger partial charge in [0.2, 0.25) is 0 Å². The minimum atomic E-state index is -0.861. The number of ether oxygens (including phenoxy) is 2. The molecule has 0 spiro atoms. The van der Waals surface area contributed by atoms with E-state index in [1.807, 2.05) is 88.4 Å². The van der Waals surface area contributed by atoms with Gasteiger partial charge in [-0.1, -0.05) is 48.5 Å². The second kappa shape index (κ2) is 6.72. The summed E-state index contributed by atoms with van der Waals surface area (Å²) in [7, 11) is 0. The fourth-order valence-electron chi connectivity index (χ4n) is 5.71. The molecule has 4 aromatic rings. The Balaban J connectivity index is 1.45. The molecule has 0 aromatic heterocycles. The van der Waals surface area contributed by atoms with Gasteiger partial charge in [0, 0.05) is 16.0 Å². The number of anilines is 1. The highest BCUT2D eigenvalue weighted by Gasteiger charge is 2.48. The highest BCUT2D eigenvalue weighted by Crippen LogP contribution is 2.47. The van der Waals surface area contributed by atoms with Gasteiger partial charge in [-0.2, -0.15) is 0 Å². The van der Waals surface area contributed by atoms with Gasteiger partial charge in [-0.15, -0.1) is 0 Å². The van der Waals surface area contributed by atoms with Gasteiger partial charge in [-0.3, -0.25) is 9.59 Å². The van der Waals surface area contributed by atoms with E-state index >= 15 is 0 Å². The van der Waals surface area contributed by atoms with Gasteiger partial charge in [0.1, 0.15) is 17.4 Å². The number of benzene rings is 4. The van der Waals surface area contributed by atoms with E-state index in [9.17, 15) is 9.59 Å². The molecule has 0 unspecified atom stereocenters. The lowest BCUT2D eigenvalue weighted by atomic mass is 9.71. The monoisotopic (exact) mass is 476 g/mol. The first kappa shape index (κ1) is 21.1. The summed E-state index contributed by atoms with van der Waals surface area (Å²) in [5.41, 5.74) is 0.192. The number of nitrogens with one attached hydrogen (secondary N) is 1. The third-order valence-electron chi connectivity index (χ3n) is 7.15. The number of nitrogens with zero attached hydrogens (tertiary/aromatic N) is 1. The summed E-state index contributed by atoms with van der Waals surface area (Å²) in [6, 6.07) is 19.3. The molecule has 1 aliphatic carbocycles. The average Bonchev–Trinajstić information content (AvgIpc) is 2.81. The Morgan fingerprint density at radius 3 is 2.14 bits per heavy atom. The van der Waals surface area contributed by atoms with Gasteiger partial charge in [-0.05, 0) is 56.2 Å². The van der Waals surface area contributed by atoms with Crippen molar-refractivity contribution < 1.29 is 19.1 Å². The molecular formula is C30H24N2O4. The van der Waals surface area contributed by atoms with Crippen molar-refractivity contribution in [3.8, 4) is 11.5 Å². The van der Waals surface area contributed by atoms with E-state index in [0.717, 1.165) is 33.0 Å². The first-order valence-corrected chi connectivity index (χ1v) is 12.1. The molecule has 0 bridgehead atoms. The fourth-order valence-corrected chi connectivity index (χ4v) is 5.71. The van der Waals surface area contributed by atoms with Crippen molar-refractivity contribution in [3.63, 3.8) is 0 Å². The zero-order chi connectivity index (χ0) is 25.0. The highest BCUT2D eigenvalue weighted by atomic mass is 16.5. The number of carbonyl (C=O) groups is 2. The molecular weight excluding hydrogens is 452 g/mol. The quantitative estimate of drug-likeness (QED) is 0.413. The number of hydrogen-bond donors (Lipinski definition) is 1. The zero-order valence-corrected chi connectivity index (χ0v) is 20.4. The Bertz CT molecular complexity index is 1800. The number of rotatable bonds is 1. The predicted molar refractivity (Wildman–Crippen MR) is 138 cm³/mol. The van der Waals surface area contributed by atoms with Crippen molar-refractivity contribution in [1.82, 2.24) is 0 Å². The topological polar surface area (TPSA) is 77.0 Å². The van der Waals surface area contributed by atoms with Gasteiger partial charge in [0.05, 0.1) is 16.6 Å². The molecule has 0 saturated heterocycles. The Hall–Kier alpha value is -4.19. The largest absolute Gasteiger partial charge is 0.468 e. The number of hydrogen-bond acceptors (Lipinski definition) is 6. The summed E-state index contributed by atoms with van der Waals surface area (Å²) in [5, 5.41) is 8.30. The van der Waals surface area contributed by atoms with Crippen LogP contribution < -0.4 is 25.4 Å². The molecule has 1 fully saturated rings. The van der Waals surface area contributed by atoms with Crippen LogP contribution in [-0.4, -0.2) is 23.0 Å². The van der Waals surface area contributed by atoms with Crippen LogP contribution >= 0.6 is 0 Å². The van der Waals surface area contributed by atoms with Crippen LogP contribution in [0.4, 0.5) is 5.69 Å². The van der Waals surface area contributed by atoms with Gasteiger partial charge < -0.3 is 14.8 Å². The molecule has 36 heavy (non-hydrogen) atoms. The normalized spacial score (nSPS) is 20.8. The van der Waals surface area contributed by atoms with Crippen LogP contribution in [0.3, 0.4) is 0 Å². The molecule has 0 atom stereocenters. The second-order valence-electron chi connectivity index (χ2n) is 10.6. The second-order valence-corrected chi connectivity index (χ2v) is 10.6. The van der Waals surface area contributed by atoms with E-state index in [-0.39, 0.29) is 17.1 Å². The van der Waals surface area contributed by atoms with Crippen LogP contribution in [0.5, 0.6) is 11.5 Å². The molecule has 6 heteroatoms. The number of Topliss-reactive ketones (excluding diaryl/α,β-unsaturated/α-hetero) is 2. The molecule has 2 heterocycles. The van der Waals surface area contributed by atoms with Crippen molar-refractivity contribution in [1.29, 1.82) is 0 Å². The van der Waals surface area contributed by atoms with Crippen molar-refractivity contribution >= 4 is 44.4 Å². The summed E-state index contributed by atoms with van der Waals surface area (Å²) in [4.78, 5) is 32.2.